The molecule has 1 N–H and O–H groups in total. The Bertz CT molecular complexity index is 433. The van der Waals surface area contributed by atoms with Crippen LogP contribution in [-0.4, -0.2) is 52.6 Å². The van der Waals surface area contributed by atoms with Crippen LogP contribution in [0.15, 0.2) is 0 Å². The second-order valence-corrected chi connectivity index (χ2v) is 7.27. The van der Waals surface area contributed by atoms with E-state index in [0.29, 0.717) is 31.5 Å². The third-order valence-corrected chi connectivity index (χ3v) is 5.75. The lowest BCUT2D eigenvalue weighted by Crippen LogP contribution is -2.47. The summed E-state index contributed by atoms with van der Waals surface area (Å²) in [5.74, 6) is -0.114. The first-order valence-corrected chi connectivity index (χ1v) is 8.30. The molecule has 2 unspecified atom stereocenters. The van der Waals surface area contributed by atoms with Crippen LogP contribution in [0.4, 0.5) is 4.79 Å². The van der Waals surface area contributed by atoms with E-state index in [4.69, 9.17) is 0 Å². The number of urea groups is 1. The summed E-state index contributed by atoms with van der Waals surface area (Å²) < 4.78 is 0. The van der Waals surface area contributed by atoms with Gasteiger partial charge in [-0.1, -0.05) is 12.8 Å². The molecule has 1 saturated carbocycles. The van der Waals surface area contributed by atoms with Gasteiger partial charge in [-0.2, -0.15) is 0 Å². The molecule has 0 radical (unpaired) electrons. The normalized spacial score (nSPS) is 33.9. The largest absolute Gasteiger partial charge is 0.481 e. The zero-order chi connectivity index (χ0) is 15.0. The van der Waals surface area contributed by atoms with Gasteiger partial charge >= 0.3 is 12.0 Å². The smallest absolute Gasteiger partial charge is 0.320 e. The van der Waals surface area contributed by atoms with Crippen molar-refractivity contribution in [3.63, 3.8) is 0 Å². The van der Waals surface area contributed by atoms with Crippen molar-refractivity contribution in [1.29, 1.82) is 0 Å². The molecule has 2 heterocycles. The minimum Gasteiger partial charge on any atom is -0.481 e. The van der Waals surface area contributed by atoms with Gasteiger partial charge in [0.15, 0.2) is 0 Å². The second kappa shape index (κ2) is 5.50. The summed E-state index contributed by atoms with van der Waals surface area (Å²) in [4.78, 5) is 27.9. The first kappa shape index (κ1) is 14.7. The molecule has 3 aliphatic rings. The highest BCUT2D eigenvalue weighted by molar-refractivity contribution is 5.80. The Hall–Kier alpha value is -1.26. The van der Waals surface area contributed by atoms with Crippen LogP contribution >= 0.6 is 0 Å². The van der Waals surface area contributed by atoms with E-state index in [1.807, 2.05) is 4.90 Å². The van der Waals surface area contributed by atoms with E-state index in [9.17, 15) is 14.7 Å². The van der Waals surface area contributed by atoms with Crippen LogP contribution in [-0.2, 0) is 4.79 Å². The zero-order valence-electron chi connectivity index (χ0n) is 12.9. The van der Waals surface area contributed by atoms with Crippen LogP contribution in [0.3, 0.4) is 0 Å². The molecule has 2 amide bonds. The molecular weight excluding hydrogens is 268 g/mol. The highest BCUT2D eigenvalue weighted by Gasteiger charge is 2.45. The first-order valence-electron chi connectivity index (χ1n) is 8.30. The van der Waals surface area contributed by atoms with E-state index < -0.39 is 11.4 Å². The molecule has 21 heavy (non-hydrogen) atoms. The number of amides is 2. The molecule has 0 aromatic carbocycles. The van der Waals surface area contributed by atoms with Gasteiger partial charge in [0, 0.05) is 25.7 Å². The van der Waals surface area contributed by atoms with E-state index in [0.717, 1.165) is 19.4 Å². The summed E-state index contributed by atoms with van der Waals surface area (Å²) >= 11 is 0. The molecule has 1 aliphatic carbocycles. The Morgan fingerprint density at radius 1 is 1.10 bits per heavy atom. The molecule has 0 aromatic rings. The number of carboxylic acid groups (broad SMARTS) is 1. The Balaban J connectivity index is 1.66. The van der Waals surface area contributed by atoms with Crippen LogP contribution in [0.5, 0.6) is 0 Å². The molecule has 0 spiro atoms. The van der Waals surface area contributed by atoms with Crippen LogP contribution in [0.1, 0.15) is 51.9 Å². The molecule has 0 bridgehead atoms. The van der Waals surface area contributed by atoms with Crippen LogP contribution in [0.2, 0.25) is 0 Å². The third-order valence-electron chi connectivity index (χ3n) is 5.75. The number of carbonyl (C=O) groups excluding carboxylic acids is 1. The summed E-state index contributed by atoms with van der Waals surface area (Å²) in [7, 11) is 0. The van der Waals surface area contributed by atoms with E-state index in [1.54, 1.807) is 11.8 Å². The number of rotatable bonds is 2. The van der Waals surface area contributed by atoms with Gasteiger partial charge in [-0.15, -0.1) is 0 Å². The molecule has 2 atom stereocenters. The van der Waals surface area contributed by atoms with Gasteiger partial charge in [-0.25, -0.2) is 4.79 Å². The Labute approximate surface area is 126 Å². The van der Waals surface area contributed by atoms with Gasteiger partial charge in [0.1, 0.15) is 0 Å². The summed E-state index contributed by atoms with van der Waals surface area (Å²) in [5.41, 5.74) is -0.766. The van der Waals surface area contributed by atoms with Gasteiger partial charge in [0.2, 0.25) is 0 Å². The fraction of sp³-hybridized carbons (Fsp3) is 0.875. The van der Waals surface area contributed by atoms with Crippen LogP contribution in [0, 0.1) is 11.3 Å². The number of carbonyl (C=O) groups is 2. The Morgan fingerprint density at radius 2 is 1.81 bits per heavy atom. The zero-order valence-corrected chi connectivity index (χ0v) is 12.9. The molecule has 2 aliphatic heterocycles. The Morgan fingerprint density at radius 3 is 2.43 bits per heavy atom. The van der Waals surface area contributed by atoms with Crippen molar-refractivity contribution in [3.8, 4) is 0 Å². The number of hydrogen-bond acceptors (Lipinski definition) is 2. The highest BCUT2D eigenvalue weighted by Crippen LogP contribution is 2.37. The van der Waals surface area contributed by atoms with Gasteiger partial charge in [-0.05, 0) is 44.9 Å². The maximum Gasteiger partial charge on any atom is 0.320 e. The number of carboxylic acids is 1. The third kappa shape index (κ3) is 2.62. The topological polar surface area (TPSA) is 60.9 Å². The van der Waals surface area contributed by atoms with Gasteiger partial charge in [0.05, 0.1) is 5.41 Å². The summed E-state index contributed by atoms with van der Waals surface area (Å²) in [6.07, 6.45) is 7.88. The number of aliphatic carboxylic acids is 1. The van der Waals surface area contributed by atoms with E-state index in [1.165, 1.54) is 25.7 Å². The maximum atomic E-state index is 12.8. The van der Waals surface area contributed by atoms with Crippen LogP contribution < -0.4 is 0 Å². The number of hydrogen-bond donors (Lipinski definition) is 1. The SMILES string of the molecule is CC1(C(=O)O)CCN(C(=O)N2CCCC2C2CCCC2)C1. The molecule has 5 heteroatoms. The molecule has 118 valence electrons. The number of likely N-dealkylation sites (tertiary alicyclic amines) is 2. The van der Waals surface area contributed by atoms with Crippen molar-refractivity contribution in [2.24, 2.45) is 11.3 Å². The van der Waals surface area contributed by atoms with Crippen molar-refractivity contribution in [2.75, 3.05) is 19.6 Å². The van der Waals surface area contributed by atoms with Gasteiger partial charge in [-0.3, -0.25) is 4.79 Å². The fourth-order valence-electron chi connectivity index (χ4n) is 4.34. The number of nitrogens with zero attached hydrogens (tertiary/aromatic N) is 2. The molecular formula is C16H26N2O3. The van der Waals surface area contributed by atoms with E-state index >= 15 is 0 Å². The minimum atomic E-state index is -0.786. The summed E-state index contributed by atoms with van der Waals surface area (Å²) in [5, 5.41) is 9.31. The average Bonchev–Trinajstić information content (AvgIpc) is 3.18. The predicted octanol–water partition coefficient (Wildman–Crippen LogP) is 2.56. The first-order chi connectivity index (χ1) is 10.0. The van der Waals surface area contributed by atoms with Crippen LogP contribution in [0.25, 0.3) is 0 Å². The minimum absolute atomic E-state index is 0.0781. The van der Waals surface area contributed by atoms with Crippen molar-refractivity contribution in [1.82, 2.24) is 9.80 Å². The highest BCUT2D eigenvalue weighted by atomic mass is 16.4. The summed E-state index contributed by atoms with van der Waals surface area (Å²) in [6.45, 7) is 3.53. The maximum absolute atomic E-state index is 12.8. The molecule has 0 aromatic heterocycles. The van der Waals surface area contributed by atoms with Crippen molar-refractivity contribution < 1.29 is 14.7 Å². The van der Waals surface area contributed by atoms with E-state index in [-0.39, 0.29) is 6.03 Å². The summed E-state index contributed by atoms with van der Waals surface area (Å²) in [6, 6.07) is 0.478. The predicted molar refractivity (Wildman–Crippen MR) is 79.0 cm³/mol. The standard InChI is InChI=1S/C16H26N2O3/c1-16(14(19)20)8-10-17(11-16)15(21)18-9-4-7-13(18)12-5-2-3-6-12/h12-13H,2-11H2,1H3,(H,19,20). The molecule has 5 nitrogen and oxygen atoms in total. The monoisotopic (exact) mass is 294 g/mol. The van der Waals surface area contributed by atoms with Crippen molar-refractivity contribution in [3.05, 3.63) is 0 Å². The lowest BCUT2D eigenvalue weighted by Gasteiger charge is -2.33. The van der Waals surface area contributed by atoms with E-state index in [2.05, 4.69) is 0 Å². The fourth-order valence-corrected chi connectivity index (χ4v) is 4.34. The molecule has 2 saturated heterocycles. The van der Waals surface area contributed by atoms with Crippen molar-refractivity contribution in [2.45, 2.75) is 57.9 Å². The van der Waals surface area contributed by atoms with Gasteiger partial charge < -0.3 is 14.9 Å². The molecule has 3 fully saturated rings. The second-order valence-electron chi connectivity index (χ2n) is 7.27. The quantitative estimate of drug-likeness (QED) is 0.851. The Kier molecular flexibility index (Phi) is 3.84. The van der Waals surface area contributed by atoms with Gasteiger partial charge in [0.25, 0.3) is 0 Å². The average molecular weight is 294 g/mol. The lowest BCUT2D eigenvalue weighted by molar-refractivity contribution is -0.147. The van der Waals surface area contributed by atoms with Crippen molar-refractivity contribution >= 4 is 12.0 Å². The lowest BCUT2D eigenvalue weighted by atomic mass is 9.90. The molecule has 3 rings (SSSR count).